The van der Waals surface area contributed by atoms with Crippen molar-refractivity contribution >= 4 is 15.9 Å². The molecule has 0 saturated carbocycles. The minimum atomic E-state index is -4.21. The predicted molar refractivity (Wildman–Crippen MR) is 69.5 cm³/mol. The number of rotatable bonds is 5. The minimum Gasteiger partial charge on any atom is -0.495 e. The number of alkyl halides is 3. The van der Waals surface area contributed by atoms with E-state index in [-0.39, 0.29) is 6.42 Å². The van der Waals surface area contributed by atoms with Gasteiger partial charge in [-0.05, 0) is 34.5 Å². The van der Waals surface area contributed by atoms with E-state index in [2.05, 4.69) is 15.9 Å². The second-order valence-corrected chi connectivity index (χ2v) is 4.76. The topological polar surface area (TPSA) is 44.5 Å². The Balaban J connectivity index is 2.97. The smallest absolute Gasteiger partial charge is 0.389 e. The summed E-state index contributed by atoms with van der Waals surface area (Å²) in [6.45, 7) is 0. The molecule has 1 aromatic carbocycles. The summed E-state index contributed by atoms with van der Waals surface area (Å²) >= 11 is 3.28. The maximum Gasteiger partial charge on any atom is 0.389 e. The number of methoxy groups -OCH3 is 2. The molecule has 0 bridgehead atoms. The van der Waals surface area contributed by atoms with Crippen LogP contribution in [0.2, 0.25) is 0 Å². The first kappa shape index (κ1) is 16.1. The van der Waals surface area contributed by atoms with E-state index in [4.69, 9.17) is 15.2 Å². The summed E-state index contributed by atoms with van der Waals surface area (Å²) in [6.07, 6.45) is -5.34. The highest BCUT2D eigenvalue weighted by molar-refractivity contribution is 9.10. The lowest BCUT2D eigenvalue weighted by Crippen LogP contribution is -2.16. The number of hydrogen-bond donors (Lipinski definition) is 1. The summed E-state index contributed by atoms with van der Waals surface area (Å²) in [6, 6.07) is 2.50. The van der Waals surface area contributed by atoms with Crippen LogP contribution >= 0.6 is 15.9 Å². The molecule has 0 aliphatic rings. The molecule has 19 heavy (non-hydrogen) atoms. The molecular weight excluding hydrogens is 327 g/mol. The van der Waals surface area contributed by atoms with Crippen molar-refractivity contribution < 1.29 is 22.6 Å². The molecule has 0 aromatic heterocycles. The van der Waals surface area contributed by atoms with E-state index in [1.165, 1.54) is 14.2 Å². The zero-order valence-corrected chi connectivity index (χ0v) is 12.1. The SMILES string of the molecule is COc1ccc(C(N)CCC(F)(F)F)c(OC)c1Br. The fourth-order valence-electron chi connectivity index (χ4n) is 1.68. The Morgan fingerprint density at radius 3 is 2.37 bits per heavy atom. The van der Waals surface area contributed by atoms with Gasteiger partial charge >= 0.3 is 6.18 Å². The molecule has 1 atom stereocenters. The van der Waals surface area contributed by atoms with Gasteiger partial charge in [0.1, 0.15) is 16.0 Å². The summed E-state index contributed by atoms with van der Waals surface area (Å²) in [5.74, 6) is 0.928. The fraction of sp³-hybridized carbons (Fsp3) is 0.500. The van der Waals surface area contributed by atoms with E-state index in [1.807, 2.05) is 0 Å². The zero-order valence-electron chi connectivity index (χ0n) is 10.6. The van der Waals surface area contributed by atoms with Crippen LogP contribution in [-0.2, 0) is 0 Å². The number of ether oxygens (including phenoxy) is 2. The normalized spacial score (nSPS) is 13.2. The van der Waals surface area contributed by atoms with Crippen LogP contribution in [-0.4, -0.2) is 20.4 Å². The van der Waals surface area contributed by atoms with Gasteiger partial charge in [-0.25, -0.2) is 0 Å². The lowest BCUT2D eigenvalue weighted by molar-refractivity contribution is -0.136. The largest absolute Gasteiger partial charge is 0.495 e. The predicted octanol–water partition coefficient (Wildman–Crippen LogP) is 3.81. The van der Waals surface area contributed by atoms with Gasteiger partial charge in [0.2, 0.25) is 0 Å². The molecule has 0 radical (unpaired) electrons. The van der Waals surface area contributed by atoms with Crippen LogP contribution < -0.4 is 15.2 Å². The van der Waals surface area contributed by atoms with Gasteiger partial charge in [0, 0.05) is 18.0 Å². The molecule has 0 saturated heterocycles. The minimum absolute atomic E-state index is 0.196. The third-order valence-corrected chi connectivity index (χ3v) is 3.41. The van der Waals surface area contributed by atoms with Crippen LogP contribution in [0.25, 0.3) is 0 Å². The third-order valence-electron chi connectivity index (χ3n) is 2.65. The fourth-order valence-corrected chi connectivity index (χ4v) is 2.37. The molecule has 108 valence electrons. The van der Waals surface area contributed by atoms with Crippen molar-refractivity contribution in [2.24, 2.45) is 5.73 Å². The van der Waals surface area contributed by atoms with Gasteiger partial charge in [-0.2, -0.15) is 13.2 Å². The van der Waals surface area contributed by atoms with Gasteiger partial charge in [0.25, 0.3) is 0 Å². The Bertz CT molecular complexity index is 438. The van der Waals surface area contributed by atoms with Crippen molar-refractivity contribution in [1.29, 1.82) is 0 Å². The van der Waals surface area contributed by atoms with Gasteiger partial charge < -0.3 is 15.2 Å². The molecule has 0 heterocycles. The summed E-state index contributed by atoms with van der Waals surface area (Å²) in [7, 11) is 2.92. The van der Waals surface area contributed by atoms with E-state index in [0.717, 1.165) is 0 Å². The van der Waals surface area contributed by atoms with Crippen molar-refractivity contribution in [1.82, 2.24) is 0 Å². The van der Waals surface area contributed by atoms with Crippen LogP contribution in [0.1, 0.15) is 24.4 Å². The quantitative estimate of drug-likeness (QED) is 0.885. The molecule has 1 rings (SSSR count). The molecule has 7 heteroatoms. The molecule has 1 aromatic rings. The van der Waals surface area contributed by atoms with Crippen molar-refractivity contribution in [2.45, 2.75) is 25.1 Å². The maximum absolute atomic E-state index is 12.2. The maximum atomic E-state index is 12.2. The van der Waals surface area contributed by atoms with Crippen LogP contribution in [0.4, 0.5) is 13.2 Å². The molecule has 1 unspecified atom stereocenters. The molecule has 0 fully saturated rings. The number of hydrogen-bond acceptors (Lipinski definition) is 3. The number of nitrogens with two attached hydrogens (primary N) is 1. The molecule has 2 N–H and O–H groups in total. The Morgan fingerprint density at radius 2 is 1.89 bits per heavy atom. The van der Waals surface area contributed by atoms with Crippen molar-refractivity contribution in [2.75, 3.05) is 14.2 Å². The zero-order chi connectivity index (χ0) is 14.6. The summed E-state index contributed by atoms with van der Waals surface area (Å²) in [5, 5.41) is 0. The van der Waals surface area contributed by atoms with E-state index >= 15 is 0 Å². The second kappa shape index (κ2) is 6.47. The lowest BCUT2D eigenvalue weighted by atomic mass is 10.0. The van der Waals surface area contributed by atoms with Gasteiger partial charge in [-0.1, -0.05) is 0 Å². The Kier molecular flexibility index (Phi) is 5.49. The van der Waals surface area contributed by atoms with Crippen molar-refractivity contribution in [3.05, 3.63) is 22.2 Å². The second-order valence-electron chi connectivity index (χ2n) is 3.96. The lowest BCUT2D eigenvalue weighted by Gasteiger charge is -2.19. The van der Waals surface area contributed by atoms with Crippen molar-refractivity contribution in [3.8, 4) is 11.5 Å². The Hall–Kier alpha value is -0.950. The summed E-state index contributed by atoms with van der Waals surface area (Å²) < 4.78 is 47.4. The van der Waals surface area contributed by atoms with E-state index in [9.17, 15) is 13.2 Å². The number of benzene rings is 1. The van der Waals surface area contributed by atoms with Crippen LogP contribution in [0.15, 0.2) is 16.6 Å². The standard InChI is InChI=1S/C12H15BrF3NO2/c1-18-9-4-3-7(11(19-2)10(9)13)8(17)5-6-12(14,15)16/h3-4,8H,5-6,17H2,1-2H3. The van der Waals surface area contributed by atoms with Crippen LogP contribution in [0.5, 0.6) is 11.5 Å². The Morgan fingerprint density at radius 1 is 1.26 bits per heavy atom. The van der Waals surface area contributed by atoms with Crippen LogP contribution in [0.3, 0.4) is 0 Å². The third kappa shape index (κ3) is 4.28. The average molecular weight is 342 g/mol. The van der Waals surface area contributed by atoms with E-state index in [0.29, 0.717) is 21.5 Å². The molecule has 3 nitrogen and oxygen atoms in total. The molecular formula is C12H15BrF3NO2. The Labute approximate surface area is 118 Å². The molecule has 0 spiro atoms. The highest BCUT2D eigenvalue weighted by Crippen LogP contribution is 2.40. The van der Waals surface area contributed by atoms with Crippen molar-refractivity contribution in [3.63, 3.8) is 0 Å². The number of halogens is 4. The van der Waals surface area contributed by atoms with Gasteiger partial charge in [0.15, 0.2) is 0 Å². The first-order chi connectivity index (χ1) is 8.80. The molecule has 0 aliphatic carbocycles. The van der Waals surface area contributed by atoms with E-state index in [1.54, 1.807) is 12.1 Å². The first-order valence-electron chi connectivity index (χ1n) is 5.53. The van der Waals surface area contributed by atoms with Gasteiger partial charge in [0.05, 0.1) is 14.2 Å². The van der Waals surface area contributed by atoms with Gasteiger partial charge in [-0.3, -0.25) is 0 Å². The molecule has 0 amide bonds. The van der Waals surface area contributed by atoms with E-state index < -0.39 is 18.6 Å². The monoisotopic (exact) mass is 341 g/mol. The highest BCUT2D eigenvalue weighted by Gasteiger charge is 2.29. The van der Waals surface area contributed by atoms with Gasteiger partial charge in [-0.15, -0.1) is 0 Å². The first-order valence-corrected chi connectivity index (χ1v) is 6.32. The molecule has 0 aliphatic heterocycles. The van der Waals surface area contributed by atoms with Crippen LogP contribution in [0, 0.1) is 0 Å². The average Bonchev–Trinajstić information content (AvgIpc) is 2.34. The summed E-state index contributed by atoms with van der Waals surface area (Å²) in [5.41, 5.74) is 6.31. The highest BCUT2D eigenvalue weighted by atomic mass is 79.9. The summed E-state index contributed by atoms with van der Waals surface area (Å²) in [4.78, 5) is 0.